The molecule has 100 valence electrons. The highest BCUT2D eigenvalue weighted by Crippen LogP contribution is 2.17. The molecule has 2 heterocycles. The number of hydrogen-bond donors (Lipinski definition) is 2. The number of aryl methyl sites for hydroxylation is 1. The Balaban J connectivity index is 1.77. The highest BCUT2D eigenvalue weighted by atomic mass is 32.1. The minimum absolute atomic E-state index is 0.200. The normalized spacial score (nSPS) is 10.4. The molecule has 0 saturated heterocycles. The number of thiophene rings is 1. The Morgan fingerprint density at radius 2 is 2.05 bits per heavy atom. The third-order valence-electron chi connectivity index (χ3n) is 2.78. The molecule has 0 unspecified atom stereocenters. The third kappa shape index (κ3) is 2.60. The van der Waals surface area contributed by atoms with Crippen molar-refractivity contribution in [3.8, 4) is 11.4 Å². The average Bonchev–Trinajstić information content (AvgIpc) is 3.10. The summed E-state index contributed by atoms with van der Waals surface area (Å²) in [6, 6.07) is 11.5. The number of hydrogen-bond acceptors (Lipinski definition) is 4. The van der Waals surface area contributed by atoms with Gasteiger partial charge in [0, 0.05) is 5.56 Å². The van der Waals surface area contributed by atoms with Crippen LogP contribution in [-0.2, 0) is 0 Å². The topological polar surface area (TPSA) is 70.7 Å². The molecule has 0 saturated carbocycles. The lowest BCUT2D eigenvalue weighted by Crippen LogP contribution is -2.11. The van der Waals surface area contributed by atoms with Crippen LogP contribution in [0.5, 0.6) is 0 Å². The van der Waals surface area contributed by atoms with Crippen LogP contribution in [0.2, 0.25) is 0 Å². The van der Waals surface area contributed by atoms with E-state index in [1.807, 2.05) is 42.6 Å². The van der Waals surface area contributed by atoms with E-state index in [1.54, 1.807) is 6.07 Å². The second kappa shape index (κ2) is 5.26. The van der Waals surface area contributed by atoms with E-state index in [0.717, 1.165) is 5.56 Å². The molecule has 0 atom stereocenters. The van der Waals surface area contributed by atoms with Crippen LogP contribution in [0, 0.1) is 6.92 Å². The predicted molar refractivity (Wildman–Crippen MR) is 78.8 cm³/mol. The summed E-state index contributed by atoms with van der Waals surface area (Å²) in [5, 5.41) is 11.3. The van der Waals surface area contributed by atoms with Crippen molar-refractivity contribution >= 4 is 23.2 Å². The molecule has 0 spiro atoms. The zero-order valence-corrected chi connectivity index (χ0v) is 11.6. The van der Waals surface area contributed by atoms with Crippen molar-refractivity contribution in [3.63, 3.8) is 0 Å². The van der Waals surface area contributed by atoms with E-state index in [2.05, 4.69) is 20.5 Å². The predicted octanol–water partition coefficient (Wildman–Crippen LogP) is 3.09. The van der Waals surface area contributed by atoms with Gasteiger partial charge in [-0.2, -0.15) is 4.98 Å². The Hall–Kier alpha value is -2.47. The Labute approximate surface area is 119 Å². The number of anilines is 1. The van der Waals surface area contributed by atoms with E-state index in [1.165, 1.54) is 16.9 Å². The first kappa shape index (κ1) is 12.6. The summed E-state index contributed by atoms with van der Waals surface area (Å²) in [4.78, 5) is 16.8. The van der Waals surface area contributed by atoms with Crippen LogP contribution in [0.15, 0.2) is 41.8 Å². The van der Waals surface area contributed by atoms with E-state index >= 15 is 0 Å². The van der Waals surface area contributed by atoms with Gasteiger partial charge in [-0.1, -0.05) is 35.9 Å². The van der Waals surface area contributed by atoms with Gasteiger partial charge in [0.25, 0.3) is 5.91 Å². The minimum Gasteiger partial charge on any atom is -0.288 e. The van der Waals surface area contributed by atoms with Crippen molar-refractivity contribution in [3.05, 3.63) is 52.2 Å². The minimum atomic E-state index is -0.200. The number of nitrogens with zero attached hydrogens (tertiary/aromatic N) is 2. The van der Waals surface area contributed by atoms with E-state index in [0.29, 0.717) is 10.7 Å². The molecule has 0 aliphatic carbocycles. The molecule has 1 amide bonds. The van der Waals surface area contributed by atoms with Crippen molar-refractivity contribution < 1.29 is 4.79 Å². The first-order valence-corrected chi connectivity index (χ1v) is 6.94. The van der Waals surface area contributed by atoms with E-state index < -0.39 is 0 Å². The van der Waals surface area contributed by atoms with Gasteiger partial charge in [-0.15, -0.1) is 16.4 Å². The first-order chi connectivity index (χ1) is 9.72. The number of aromatic nitrogens is 3. The zero-order valence-electron chi connectivity index (χ0n) is 10.8. The Kier molecular flexibility index (Phi) is 3.30. The molecular formula is C14H12N4OS. The zero-order chi connectivity index (χ0) is 13.9. The lowest BCUT2D eigenvalue weighted by atomic mass is 10.1. The Morgan fingerprint density at radius 1 is 1.25 bits per heavy atom. The molecule has 3 aromatic rings. The van der Waals surface area contributed by atoms with Crippen LogP contribution >= 0.6 is 11.3 Å². The Morgan fingerprint density at radius 3 is 2.75 bits per heavy atom. The van der Waals surface area contributed by atoms with Crippen LogP contribution in [0.1, 0.15) is 15.2 Å². The second-order valence-corrected chi connectivity index (χ2v) is 5.25. The molecule has 0 aliphatic heterocycles. The summed E-state index contributed by atoms with van der Waals surface area (Å²) in [6.45, 7) is 2.02. The van der Waals surface area contributed by atoms with Gasteiger partial charge < -0.3 is 0 Å². The second-order valence-electron chi connectivity index (χ2n) is 4.31. The quantitative estimate of drug-likeness (QED) is 0.776. The lowest BCUT2D eigenvalue weighted by Gasteiger charge is -1.97. The monoisotopic (exact) mass is 284 g/mol. The molecule has 3 rings (SSSR count). The molecule has 1 aromatic carbocycles. The summed E-state index contributed by atoms with van der Waals surface area (Å²) in [7, 11) is 0. The standard InChI is InChI=1S/C14H12N4OS/c1-9-4-6-10(7-5-9)12-15-14(18-17-12)16-13(19)11-3-2-8-20-11/h2-8H,1H3,(H2,15,16,17,18,19). The van der Waals surface area contributed by atoms with E-state index in [-0.39, 0.29) is 11.9 Å². The summed E-state index contributed by atoms with van der Waals surface area (Å²) in [5.41, 5.74) is 2.11. The number of amides is 1. The molecule has 6 heteroatoms. The SMILES string of the molecule is Cc1ccc(-c2nc(NC(=O)c3cccs3)n[nH]2)cc1. The van der Waals surface area contributed by atoms with Gasteiger partial charge in [0.2, 0.25) is 5.95 Å². The number of nitrogens with one attached hydrogen (secondary N) is 2. The molecule has 5 nitrogen and oxygen atoms in total. The number of H-pyrrole nitrogens is 1. The number of rotatable bonds is 3. The summed E-state index contributed by atoms with van der Waals surface area (Å²) < 4.78 is 0. The fraction of sp³-hybridized carbons (Fsp3) is 0.0714. The molecule has 20 heavy (non-hydrogen) atoms. The molecule has 2 N–H and O–H groups in total. The van der Waals surface area contributed by atoms with Crippen molar-refractivity contribution in [1.29, 1.82) is 0 Å². The first-order valence-electron chi connectivity index (χ1n) is 6.07. The van der Waals surface area contributed by atoms with Crippen molar-refractivity contribution in [1.82, 2.24) is 15.2 Å². The van der Waals surface area contributed by atoms with Crippen LogP contribution in [0.25, 0.3) is 11.4 Å². The highest BCUT2D eigenvalue weighted by Gasteiger charge is 2.11. The molecule has 0 fully saturated rings. The smallest absolute Gasteiger partial charge is 0.268 e. The largest absolute Gasteiger partial charge is 0.288 e. The van der Waals surface area contributed by atoms with Gasteiger partial charge in [-0.05, 0) is 18.4 Å². The van der Waals surface area contributed by atoms with Crippen molar-refractivity contribution in [2.75, 3.05) is 5.32 Å². The number of carbonyl (C=O) groups excluding carboxylic acids is 1. The van der Waals surface area contributed by atoms with Crippen molar-refractivity contribution in [2.24, 2.45) is 0 Å². The summed E-state index contributed by atoms with van der Waals surface area (Å²) >= 11 is 1.38. The number of aromatic amines is 1. The van der Waals surface area contributed by atoms with Crippen LogP contribution < -0.4 is 5.32 Å². The molecule has 0 radical (unpaired) electrons. The van der Waals surface area contributed by atoms with Gasteiger partial charge in [-0.3, -0.25) is 15.2 Å². The average molecular weight is 284 g/mol. The van der Waals surface area contributed by atoms with Gasteiger partial charge >= 0.3 is 0 Å². The van der Waals surface area contributed by atoms with E-state index in [4.69, 9.17) is 0 Å². The van der Waals surface area contributed by atoms with Crippen molar-refractivity contribution in [2.45, 2.75) is 6.92 Å². The molecule has 2 aromatic heterocycles. The molecule has 0 aliphatic rings. The Bertz CT molecular complexity index is 716. The van der Waals surface area contributed by atoms with Gasteiger partial charge in [0.15, 0.2) is 5.82 Å². The summed E-state index contributed by atoms with van der Waals surface area (Å²) in [6.07, 6.45) is 0. The number of benzene rings is 1. The fourth-order valence-corrected chi connectivity index (χ4v) is 2.35. The number of carbonyl (C=O) groups is 1. The summed E-state index contributed by atoms with van der Waals surface area (Å²) in [5.74, 6) is 0.708. The van der Waals surface area contributed by atoms with Gasteiger partial charge in [0.1, 0.15) is 0 Å². The maximum absolute atomic E-state index is 11.9. The van der Waals surface area contributed by atoms with Gasteiger partial charge in [0.05, 0.1) is 4.88 Å². The maximum Gasteiger partial charge on any atom is 0.268 e. The highest BCUT2D eigenvalue weighted by molar-refractivity contribution is 7.12. The third-order valence-corrected chi connectivity index (χ3v) is 3.65. The van der Waals surface area contributed by atoms with Crippen LogP contribution in [0.4, 0.5) is 5.95 Å². The van der Waals surface area contributed by atoms with Crippen LogP contribution in [0.3, 0.4) is 0 Å². The molecule has 0 bridgehead atoms. The maximum atomic E-state index is 11.9. The molecular weight excluding hydrogens is 272 g/mol. The van der Waals surface area contributed by atoms with E-state index in [9.17, 15) is 4.79 Å². The lowest BCUT2D eigenvalue weighted by molar-refractivity contribution is 0.102. The fourth-order valence-electron chi connectivity index (χ4n) is 1.73. The van der Waals surface area contributed by atoms with Gasteiger partial charge in [-0.25, -0.2) is 0 Å². The van der Waals surface area contributed by atoms with Crippen LogP contribution in [-0.4, -0.2) is 21.1 Å².